The molecule has 4 nitrogen and oxygen atoms in total. The highest BCUT2D eigenvalue weighted by atomic mass is 16.5. The molecule has 0 spiro atoms. The highest BCUT2D eigenvalue weighted by molar-refractivity contribution is 5.02. The van der Waals surface area contributed by atoms with Gasteiger partial charge in [0.25, 0.3) is 0 Å². The number of aliphatic hydroxyl groups is 1. The van der Waals surface area contributed by atoms with Crippen molar-refractivity contribution in [2.75, 3.05) is 13.2 Å². The number of furan rings is 1. The summed E-state index contributed by atoms with van der Waals surface area (Å²) in [7, 11) is 0. The summed E-state index contributed by atoms with van der Waals surface area (Å²) >= 11 is 0. The Morgan fingerprint density at radius 1 is 1.42 bits per heavy atom. The number of hydrogen-bond acceptors (Lipinski definition) is 4. The minimum absolute atomic E-state index is 0.110. The second kappa shape index (κ2) is 7.68. The molecule has 2 atom stereocenters. The Labute approximate surface area is 115 Å². The second-order valence-corrected chi connectivity index (χ2v) is 5.39. The van der Waals surface area contributed by atoms with Gasteiger partial charge in [0.1, 0.15) is 5.76 Å². The summed E-state index contributed by atoms with van der Waals surface area (Å²) in [5.41, 5.74) is 0. The van der Waals surface area contributed by atoms with Crippen molar-refractivity contribution >= 4 is 0 Å². The van der Waals surface area contributed by atoms with Crippen LogP contribution in [-0.2, 0) is 4.74 Å². The van der Waals surface area contributed by atoms with E-state index in [2.05, 4.69) is 5.32 Å². The third-order valence-electron chi connectivity index (χ3n) is 3.71. The molecular formula is C15H25NO3. The van der Waals surface area contributed by atoms with Crippen molar-refractivity contribution in [2.45, 2.75) is 57.3 Å². The molecule has 0 bridgehead atoms. The first-order chi connectivity index (χ1) is 9.25. The van der Waals surface area contributed by atoms with Crippen LogP contribution in [0.4, 0.5) is 0 Å². The van der Waals surface area contributed by atoms with Gasteiger partial charge in [-0.1, -0.05) is 19.3 Å². The van der Waals surface area contributed by atoms with Crippen LogP contribution < -0.4 is 5.32 Å². The van der Waals surface area contributed by atoms with Gasteiger partial charge >= 0.3 is 0 Å². The smallest absolute Gasteiger partial charge is 0.120 e. The van der Waals surface area contributed by atoms with Gasteiger partial charge in [0.15, 0.2) is 0 Å². The van der Waals surface area contributed by atoms with E-state index in [1.54, 1.807) is 6.26 Å². The average Bonchev–Trinajstić information content (AvgIpc) is 2.98. The maximum Gasteiger partial charge on any atom is 0.120 e. The summed E-state index contributed by atoms with van der Waals surface area (Å²) < 4.78 is 11.1. The number of ether oxygens (including phenoxy) is 1. The zero-order valence-electron chi connectivity index (χ0n) is 11.7. The van der Waals surface area contributed by atoms with Gasteiger partial charge in [-0.15, -0.1) is 0 Å². The molecule has 2 rings (SSSR count). The van der Waals surface area contributed by atoms with Gasteiger partial charge in [0.2, 0.25) is 0 Å². The predicted octanol–water partition coefficient (Wildman–Crippen LogP) is 2.64. The molecule has 4 heteroatoms. The van der Waals surface area contributed by atoms with Gasteiger partial charge in [-0.05, 0) is 31.9 Å². The van der Waals surface area contributed by atoms with Crippen LogP contribution in [0.1, 0.15) is 50.8 Å². The molecule has 1 unspecified atom stereocenters. The van der Waals surface area contributed by atoms with Crippen LogP contribution in [0.5, 0.6) is 0 Å². The zero-order valence-corrected chi connectivity index (χ0v) is 11.7. The lowest BCUT2D eigenvalue weighted by Gasteiger charge is -2.24. The zero-order chi connectivity index (χ0) is 13.5. The number of hydrogen-bond donors (Lipinski definition) is 2. The summed E-state index contributed by atoms with van der Waals surface area (Å²) in [5.74, 6) is 0.889. The third kappa shape index (κ3) is 4.97. The normalized spacial score (nSPS) is 20.3. The highest BCUT2D eigenvalue weighted by Gasteiger charge is 2.16. The van der Waals surface area contributed by atoms with Crippen LogP contribution in [0, 0.1) is 0 Å². The van der Waals surface area contributed by atoms with Crippen molar-refractivity contribution in [3.63, 3.8) is 0 Å². The Balaban J connectivity index is 1.60. The van der Waals surface area contributed by atoms with Gasteiger partial charge in [-0.2, -0.15) is 0 Å². The number of nitrogens with one attached hydrogen (secondary N) is 1. The molecule has 1 aromatic rings. The molecule has 0 aromatic carbocycles. The summed E-state index contributed by atoms with van der Waals surface area (Å²) in [6.45, 7) is 2.96. The lowest BCUT2D eigenvalue weighted by atomic mass is 9.98. The lowest BCUT2D eigenvalue weighted by Crippen LogP contribution is -2.33. The van der Waals surface area contributed by atoms with Gasteiger partial charge in [0.05, 0.1) is 31.1 Å². The Bertz CT molecular complexity index is 333. The van der Waals surface area contributed by atoms with Crippen molar-refractivity contribution in [1.82, 2.24) is 5.32 Å². The molecule has 1 aliphatic rings. The molecule has 0 saturated heterocycles. The molecule has 1 fully saturated rings. The Hall–Kier alpha value is -0.840. The van der Waals surface area contributed by atoms with Crippen LogP contribution in [0.3, 0.4) is 0 Å². The molecule has 1 aliphatic carbocycles. The molecule has 0 aliphatic heterocycles. The SMILES string of the molecule is C[C@H](NCC(O)COC1CCCCC1)c1ccco1. The van der Waals surface area contributed by atoms with Crippen molar-refractivity contribution < 1.29 is 14.3 Å². The lowest BCUT2D eigenvalue weighted by molar-refractivity contribution is -0.0236. The van der Waals surface area contributed by atoms with Crippen LogP contribution in [0.25, 0.3) is 0 Å². The van der Waals surface area contributed by atoms with E-state index in [0.717, 1.165) is 18.6 Å². The van der Waals surface area contributed by atoms with Crippen LogP contribution in [0.2, 0.25) is 0 Å². The van der Waals surface area contributed by atoms with Gasteiger partial charge in [-0.3, -0.25) is 0 Å². The van der Waals surface area contributed by atoms with E-state index in [0.29, 0.717) is 19.3 Å². The molecule has 1 heterocycles. The maximum absolute atomic E-state index is 9.91. The fourth-order valence-corrected chi connectivity index (χ4v) is 2.49. The molecule has 0 radical (unpaired) electrons. The van der Waals surface area contributed by atoms with Crippen LogP contribution in [0.15, 0.2) is 22.8 Å². The summed E-state index contributed by atoms with van der Waals surface area (Å²) in [6.07, 6.45) is 7.68. The van der Waals surface area contributed by atoms with Crippen molar-refractivity contribution in [3.8, 4) is 0 Å². The van der Waals surface area contributed by atoms with Crippen molar-refractivity contribution in [1.29, 1.82) is 0 Å². The molecule has 19 heavy (non-hydrogen) atoms. The summed E-state index contributed by atoms with van der Waals surface area (Å²) in [4.78, 5) is 0. The molecular weight excluding hydrogens is 242 g/mol. The number of rotatable bonds is 7. The summed E-state index contributed by atoms with van der Waals surface area (Å²) in [5, 5.41) is 13.2. The van der Waals surface area contributed by atoms with Gasteiger partial charge < -0.3 is 19.6 Å². The summed E-state index contributed by atoms with van der Waals surface area (Å²) in [6, 6.07) is 3.91. The average molecular weight is 267 g/mol. The fraction of sp³-hybridized carbons (Fsp3) is 0.733. The van der Waals surface area contributed by atoms with Gasteiger partial charge in [0, 0.05) is 6.54 Å². The molecule has 108 valence electrons. The fourth-order valence-electron chi connectivity index (χ4n) is 2.49. The van der Waals surface area contributed by atoms with E-state index in [1.807, 2.05) is 19.1 Å². The van der Waals surface area contributed by atoms with E-state index in [-0.39, 0.29) is 6.04 Å². The minimum Gasteiger partial charge on any atom is -0.468 e. The van der Waals surface area contributed by atoms with Crippen molar-refractivity contribution in [2.24, 2.45) is 0 Å². The van der Waals surface area contributed by atoms with Crippen LogP contribution in [-0.4, -0.2) is 30.5 Å². The predicted molar refractivity (Wildman–Crippen MR) is 74.0 cm³/mol. The maximum atomic E-state index is 9.91. The van der Waals surface area contributed by atoms with Crippen LogP contribution >= 0.6 is 0 Å². The van der Waals surface area contributed by atoms with E-state index < -0.39 is 6.10 Å². The quantitative estimate of drug-likeness (QED) is 0.797. The first-order valence-electron chi connectivity index (χ1n) is 7.32. The highest BCUT2D eigenvalue weighted by Crippen LogP contribution is 2.20. The van der Waals surface area contributed by atoms with E-state index >= 15 is 0 Å². The molecule has 2 N–H and O–H groups in total. The monoisotopic (exact) mass is 267 g/mol. The Morgan fingerprint density at radius 2 is 2.21 bits per heavy atom. The third-order valence-corrected chi connectivity index (χ3v) is 3.71. The number of aliphatic hydroxyl groups excluding tert-OH is 1. The minimum atomic E-state index is -0.459. The first kappa shape index (κ1) is 14.6. The second-order valence-electron chi connectivity index (χ2n) is 5.39. The van der Waals surface area contributed by atoms with Gasteiger partial charge in [-0.25, -0.2) is 0 Å². The van der Waals surface area contributed by atoms with E-state index in [9.17, 15) is 5.11 Å². The molecule has 0 amide bonds. The topological polar surface area (TPSA) is 54.6 Å². The largest absolute Gasteiger partial charge is 0.468 e. The standard InChI is InChI=1S/C15H25NO3/c1-12(15-8-5-9-18-15)16-10-13(17)11-19-14-6-3-2-4-7-14/h5,8-9,12-14,16-17H,2-4,6-7,10-11H2,1H3/t12-,13?/m0/s1. The Morgan fingerprint density at radius 3 is 2.89 bits per heavy atom. The Kier molecular flexibility index (Phi) is 5.89. The van der Waals surface area contributed by atoms with Crippen molar-refractivity contribution in [3.05, 3.63) is 24.2 Å². The molecule has 1 saturated carbocycles. The molecule has 1 aromatic heterocycles. The van der Waals surface area contributed by atoms with E-state index in [4.69, 9.17) is 9.15 Å². The van der Waals surface area contributed by atoms with E-state index in [1.165, 1.54) is 19.3 Å². The first-order valence-corrected chi connectivity index (χ1v) is 7.32.